The number of hydrogen-bond acceptors (Lipinski definition) is 2. The van der Waals surface area contributed by atoms with Gasteiger partial charge in [-0.25, -0.2) is 4.99 Å². The molecule has 0 aliphatic carbocycles. The number of amides is 1. The van der Waals surface area contributed by atoms with Crippen molar-refractivity contribution in [2.24, 2.45) is 10.4 Å². The second-order valence-electron chi connectivity index (χ2n) is 7.50. The fraction of sp³-hybridized carbons (Fsp3) is 0.600. The average molecular weight is 345 g/mol. The highest BCUT2D eigenvalue weighted by Gasteiger charge is 2.30. The van der Waals surface area contributed by atoms with Gasteiger partial charge in [0, 0.05) is 31.7 Å². The van der Waals surface area contributed by atoms with Gasteiger partial charge in [0.05, 0.1) is 6.54 Å². The highest BCUT2D eigenvalue weighted by Crippen LogP contribution is 2.28. The summed E-state index contributed by atoms with van der Waals surface area (Å²) < 4.78 is 0. The Morgan fingerprint density at radius 1 is 1.32 bits per heavy atom. The summed E-state index contributed by atoms with van der Waals surface area (Å²) in [7, 11) is 0. The first-order chi connectivity index (χ1) is 11.9. The van der Waals surface area contributed by atoms with E-state index in [1.165, 1.54) is 6.42 Å². The van der Waals surface area contributed by atoms with Crippen molar-refractivity contribution < 1.29 is 4.79 Å². The van der Waals surface area contributed by atoms with Gasteiger partial charge in [-0.1, -0.05) is 32.9 Å². The van der Waals surface area contributed by atoms with Crippen LogP contribution in [0.1, 0.15) is 52.5 Å². The third-order valence-electron chi connectivity index (χ3n) is 4.41. The van der Waals surface area contributed by atoms with Gasteiger partial charge in [0.15, 0.2) is 5.96 Å². The highest BCUT2D eigenvalue weighted by atomic mass is 16.1. The van der Waals surface area contributed by atoms with Crippen LogP contribution >= 0.6 is 0 Å². The number of nitrogens with one attached hydrogen (secondary N) is 2. The van der Waals surface area contributed by atoms with E-state index >= 15 is 0 Å². The molecule has 1 fully saturated rings. The van der Waals surface area contributed by atoms with Crippen LogP contribution in [0, 0.1) is 5.41 Å². The van der Waals surface area contributed by atoms with Crippen molar-refractivity contribution in [1.29, 1.82) is 0 Å². The van der Waals surface area contributed by atoms with Crippen molar-refractivity contribution in [3.05, 3.63) is 29.8 Å². The molecule has 138 valence electrons. The Kier molecular flexibility index (Phi) is 6.85. The molecule has 0 aromatic heterocycles. The lowest BCUT2D eigenvalue weighted by atomic mass is 9.93. The van der Waals surface area contributed by atoms with Gasteiger partial charge in [-0.15, -0.1) is 0 Å². The summed E-state index contributed by atoms with van der Waals surface area (Å²) in [5.74, 6) is 1.05. The molecule has 0 unspecified atom stereocenters. The van der Waals surface area contributed by atoms with Gasteiger partial charge < -0.3 is 15.5 Å². The lowest BCUT2D eigenvalue weighted by molar-refractivity contribution is -0.116. The van der Waals surface area contributed by atoms with Crippen LogP contribution in [0.4, 0.5) is 5.69 Å². The first-order valence-corrected chi connectivity index (χ1v) is 9.35. The maximum Gasteiger partial charge on any atom is 0.224 e. The largest absolute Gasteiger partial charge is 0.357 e. The summed E-state index contributed by atoms with van der Waals surface area (Å²) in [6, 6.07) is 7.96. The number of carbonyl (C=O) groups is 1. The van der Waals surface area contributed by atoms with Crippen LogP contribution in [0.3, 0.4) is 0 Å². The first-order valence-electron chi connectivity index (χ1n) is 9.35. The van der Waals surface area contributed by atoms with Gasteiger partial charge in [-0.2, -0.15) is 0 Å². The molecule has 1 aliphatic rings. The minimum absolute atomic E-state index is 0.0655. The molecule has 1 heterocycles. The summed E-state index contributed by atoms with van der Waals surface area (Å²) in [4.78, 5) is 18.9. The second kappa shape index (κ2) is 8.88. The third-order valence-corrected chi connectivity index (χ3v) is 4.41. The van der Waals surface area contributed by atoms with Crippen LogP contribution in [0.25, 0.3) is 0 Å². The van der Waals surface area contributed by atoms with Crippen molar-refractivity contribution in [1.82, 2.24) is 10.2 Å². The van der Waals surface area contributed by atoms with E-state index in [4.69, 9.17) is 4.99 Å². The van der Waals surface area contributed by atoms with Crippen LogP contribution in [0.2, 0.25) is 0 Å². The number of likely N-dealkylation sites (tertiary alicyclic amines) is 1. The van der Waals surface area contributed by atoms with Gasteiger partial charge in [0.2, 0.25) is 5.91 Å². The molecule has 1 aromatic carbocycles. The number of anilines is 1. The molecule has 1 aromatic rings. The van der Waals surface area contributed by atoms with Crippen molar-refractivity contribution in [2.75, 3.05) is 25.0 Å². The maximum absolute atomic E-state index is 11.8. The van der Waals surface area contributed by atoms with E-state index in [1.807, 2.05) is 25.1 Å². The van der Waals surface area contributed by atoms with Gasteiger partial charge in [-0.3, -0.25) is 4.79 Å². The van der Waals surface area contributed by atoms with Crippen LogP contribution in [0.5, 0.6) is 0 Å². The SMILES string of the molecule is CCCC(=O)Nc1cccc(CN=C(NCC)N2CCC(C)(C)C2)c1. The number of hydrogen-bond donors (Lipinski definition) is 2. The predicted octanol–water partition coefficient (Wildman–Crippen LogP) is 3.62. The molecule has 5 heteroatoms. The van der Waals surface area contributed by atoms with E-state index in [9.17, 15) is 4.79 Å². The van der Waals surface area contributed by atoms with Crippen LogP contribution in [0.15, 0.2) is 29.3 Å². The zero-order valence-corrected chi connectivity index (χ0v) is 16.1. The molecule has 0 spiro atoms. The molecule has 5 nitrogen and oxygen atoms in total. The van der Waals surface area contributed by atoms with Crippen molar-refractivity contribution >= 4 is 17.6 Å². The van der Waals surface area contributed by atoms with Crippen molar-refractivity contribution in [2.45, 2.75) is 53.5 Å². The minimum atomic E-state index is 0.0655. The van der Waals surface area contributed by atoms with Gasteiger partial charge in [0.25, 0.3) is 0 Å². The summed E-state index contributed by atoms with van der Waals surface area (Å²) >= 11 is 0. The lowest BCUT2D eigenvalue weighted by Crippen LogP contribution is -2.40. The van der Waals surface area contributed by atoms with Gasteiger partial charge >= 0.3 is 0 Å². The van der Waals surface area contributed by atoms with Crippen LogP contribution in [-0.4, -0.2) is 36.4 Å². The van der Waals surface area contributed by atoms with E-state index in [0.717, 1.165) is 43.3 Å². The smallest absolute Gasteiger partial charge is 0.224 e. The fourth-order valence-corrected chi connectivity index (χ4v) is 3.08. The van der Waals surface area contributed by atoms with Crippen molar-refractivity contribution in [3.8, 4) is 0 Å². The molecule has 0 radical (unpaired) electrons. The molecule has 0 atom stereocenters. The summed E-state index contributed by atoms with van der Waals surface area (Å²) in [6.45, 7) is 12.3. The quantitative estimate of drug-likeness (QED) is 0.612. The molecule has 1 amide bonds. The molecule has 25 heavy (non-hydrogen) atoms. The molecule has 0 saturated carbocycles. The monoisotopic (exact) mass is 344 g/mol. The average Bonchev–Trinajstić information content (AvgIpc) is 2.92. The van der Waals surface area contributed by atoms with E-state index in [2.05, 4.69) is 42.4 Å². The Hall–Kier alpha value is -2.04. The number of nitrogens with zero attached hydrogens (tertiary/aromatic N) is 2. The Labute approximate surface area is 151 Å². The second-order valence-corrected chi connectivity index (χ2v) is 7.50. The molecule has 1 saturated heterocycles. The van der Waals surface area contributed by atoms with E-state index in [0.29, 0.717) is 18.4 Å². The summed E-state index contributed by atoms with van der Waals surface area (Å²) in [5, 5.41) is 6.35. The Morgan fingerprint density at radius 2 is 2.12 bits per heavy atom. The lowest BCUT2D eigenvalue weighted by Gasteiger charge is -2.23. The first kappa shape index (κ1) is 19.3. The third kappa shape index (κ3) is 6.07. The number of rotatable bonds is 6. The van der Waals surface area contributed by atoms with Gasteiger partial charge in [0.1, 0.15) is 0 Å². The number of benzene rings is 1. The summed E-state index contributed by atoms with van der Waals surface area (Å²) in [6.07, 6.45) is 2.60. The molecule has 2 rings (SSSR count). The molecule has 0 bridgehead atoms. The van der Waals surface area contributed by atoms with Crippen LogP contribution < -0.4 is 10.6 Å². The maximum atomic E-state index is 11.8. The molecular formula is C20H32N4O. The Balaban J connectivity index is 2.03. The van der Waals surface area contributed by atoms with Crippen molar-refractivity contribution in [3.63, 3.8) is 0 Å². The number of guanidine groups is 1. The van der Waals surface area contributed by atoms with Gasteiger partial charge in [-0.05, 0) is 42.9 Å². The fourth-order valence-electron chi connectivity index (χ4n) is 3.08. The normalized spacial score (nSPS) is 16.8. The zero-order valence-electron chi connectivity index (χ0n) is 16.1. The van der Waals surface area contributed by atoms with Crippen LogP contribution in [-0.2, 0) is 11.3 Å². The van der Waals surface area contributed by atoms with E-state index in [1.54, 1.807) is 0 Å². The summed E-state index contributed by atoms with van der Waals surface area (Å²) in [5.41, 5.74) is 2.29. The Bertz CT molecular complexity index is 609. The zero-order chi connectivity index (χ0) is 18.3. The molecule has 2 N–H and O–H groups in total. The topological polar surface area (TPSA) is 56.7 Å². The molecule has 1 aliphatic heterocycles. The number of carbonyl (C=O) groups excluding carboxylic acids is 1. The predicted molar refractivity (Wildman–Crippen MR) is 105 cm³/mol. The minimum Gasteiger partial charge on any atom is -0.357 e. The highest BCUT2D eigenvalue weighted by molar-refractivity contribution is 5.90. The molecular weight excluding hydrogens is 312 g/mol. The Morgan fingerprint density at radius 3 is 2.76 bits per heavy atom. The standard InChI is InChI=1S/C20H32N4O/c1-5-8-18(25)23-17-10-7-9-16(13-17)14-22-19(21-6-2)24-12-11-20(3,4)15-24/h7,9-10,13H,5-6,8,11-12,14-15H2,1-4H3,(H,21,22)(H,23,25). The number of aliphatic imine (C=N–C) groups is 1. The van der Waals surface area contributed by atoms with E-state index < -0.39 is 0 Å². The van der Waals surface area contributed by atoms with E-state index in [-0.39, 0.29) is 5.91 Å².